The van der Waals surface area contributed by atoms with E-state index >= 15 is 0 Å². The standard InChI is InChI=1S/C14H18BrN3O/c1-11(10-18-7-3-6-17-18)16-9-14(19)12-4-2-5-13(15)8-12/h2-8,11,14,16,19H,9-10H2,1H3/t11-,14-/m1/s1. The molecule has 102 valence electrons. The van der Waals surface area contributed by atoms with Gasteiger partial charge in [-0.25, -0.2) is 0 Å². The van der Waals surface area contributed by atoms with Crippen LogP contribution < -0.4 is 5.32 Å². The van der Waals surface area contributed by atoms with E-state index in [-0.39, 0.29) is 6.04 Å². The third kappa shape index (κ3) is 4.45. The molecule has 0 amide bonds. The van der Waals surface area contributed by atoms with Gasteiger partial charge in [-0.15, -0.1) is 0 Å². The van der Waals surface area contributed by atoms with Gasteiger partial charge in [0.15, 0.2) is 0 Å². The van der Waals surface area contributed by atoms with Crippen LogP contribution in [0.2, 0.25) is 0 Å². The van der Waals surface area contributed by atoms with Crippen molar-refractivity contribution in [2.75, 3.05) is 6.54 Å². The lowest BCUT2D eigenvalue weighted by Crippen LogP contribution is -2.33. The molecule has 0 spiro atoms. The van der Waals surface area contributed by atoms with Crippen molar-refractivity contribution in [3.63, 3.8) is 0 Å². The quantitative estimate of drug-likeness (QED) is 0.858. The molecule has 0 aliphatic carbocycles. The number of rotatable bonds is 6. The van der Waals surface area contributed by atoms with Crippen molar-refractivity contribution < 1.29 is 5.11 Å². The molecule has 0 fully saturated rings. The molecule has 19 heavy (non-hydrogen) atoms. The van der Waals surface area contributed by atoms with Gasteiger partial charge < -0.3 is 10.4 Å². The van der Waals surface area contributed by atoms with Crippen LogP contribution in [-0.4, -0.2) is 27.5 Å². The van der Waals surface area contributed by atoms with Crippen molar-refractivity contribution in [3.05, 3.63) is 52.8 Å². The molecule has 2 N–H and O–H groups in total. The summed E-state index contributed by atoms with van der Waals surface area (Å²) in [7, 11) is 0. The topological polar surface area (TPSA) is 50.1 Å². The van der Waals surface area contributed by atoms with E-state index < -0.39 is 6.10 Å². The molecule has 0 unspecified atom stereocenters. The first-order valence-electron chi connectivity index (χ1n) is 6.29. The fourth-order valence-corrected chi connectivity index (χ4v) is 2.32. The summed E-state index contributed by atoms with van der Waals surface area (Å²) < 4.78 is 2.86. The lowest BCUT2D eigenvalue weighted by Gasteiger charge is -2.17. The Labute approximate surface area is 121 Å². The van der Waals surface area contributed by atoms with Crippen molar-refractivity contribution in [1.29, 1.82) is 0 Å². The fraction of sp³-hybridized carbons (Fsp3) is 0.357. The van der Waals surface area contributed by atoms with E-state index in [0.29, 0.717) is 6.54 Å². The normalized spacial score (nSPS) is 14.3. The SMILES string of the molecule is C[C@H](Cn1cccn1)NC[C@@H](O)c1cccc(Br)c1. The minimum absolute atomic E-state index is 0.252. The number of halogens is 1. The van der Waals surface area contributed by atoms with Crippen LogP contribution >= 0.6 is 15.9 Å². The van der Waals surface area contributed by atoms with Gasteiger partial charge in [0, 0.05) is 29.5 Å². The largest absolute Gasteiger partial charge is 0.387 e. The number of nitrogens with one attached hydrogen (secondary N) is 1. The molecule has 2 rings (SSSR count). The van der Waals surface area contributed by atoms with Gasteiger partial charge in [-0.05, 0) is 30.7 Å². The van der Waals surface area contributed by atoms with E-state index in [2.05, 4.69) is 33.3 Å². The Morgan fingerprint density at radius 3 is 2.95 bits per heavy atom. The Balaban J connectivity index is 1.81. The van der Waals surface area contributed by atoms with Crippen molar-refractivity contribution in [2.45, 2.75) is 25.6 Å². The highest BCUT2D eigenvalue weighted by Crippen LogP contribution is 2.17. The van der Waals surface area contributed by atoms with Crippen LogP contribution in [0.4, 0.5) is 0 Å². The summed E-state index contributed by atoms with van der Waals surface area (Å²) in [5, 5.41) is 17.6. The number of hydrogen-bond donors (Lipinski definition) is 2. The Kier molecular flexibility index (Phi) is 5.13. The molecule has 1 heterocycles. The van der Waals surface area contributed by atoms with Crippen LogP contribution in [0.1, 0.15) is 18.6 Å². The van der Waals surface area contributed by atoms with E-state index in [1.165, 1.54) is 0 Å². The first kappa shape index (κ1) is 14.2. The van der Waals surface area contributed by atoms with Gasteiger partial charge in [-0.1, -0.05) is 28.1 Å². The lowest BCUT2D eigenvalue weighted by atomic mass is 10.1. The average molecular weight is 324 g/mol. The van der Waals surface area contributed by atoms with Crippen LogP contribution in [-0.2, 0) is 6.54 Å². The molecule has 0 radical (unpaired) electrons. The van der Waals surface area contributed by atoms with Gasteiger partial charge in [-0.3, -0.25) is 4.68 Å². The molecule has 1 aromatic carbocycles. The van der Waals surface area contributed by atoms with Gasteiger partial charge in [-0.2, -0.15) is 5.10 Å². The monoisotopic (exact) mass is 323 g/mol. The number of aliphatic hydroxyl groups is 1. The van der Waals surface area contributed by atoms with E-state index in [4.69, 9.17) is 0 Å². The Morgan fingerprint density at radius 2 is 2.26 bits per heavy atom. The van der Waals surface area contributed by atoms with Gasteiger partial charge in [0.2, 0.25) is 0 Å². The van der Waals surface area contributed by atoms with Crippen molar-refractivity contribution in [2.24, 2.45) is 0 Å². The highest BCUT2D eigenvalue weighted by molar-refractivity contribution is 9.10. The molecule has 1 aromatic heterocycles. The zero-order valence-electron chi connectivity index (χ0n) is 10.8. The number of nitrogens with zero attached hydrogens (tertiary/aromatic N) is 2. The zero-order chi connectivity index (χ0) is 13.7. The van der Waals surface area contributed by atoms with E-state index in [1.807, 2.05) is 41.2 Å². The third-order valence-corrected chi connectivity index (χ3v) is 3.41. The minimum atomic E-state index is -0.502. The van der Waals surface area contributed by atoms with Crippen LogP contribution in [0, 0.1) is 0 Å². The maximum atomic E-state index is 10.1. The van der Waals surface area contributed by atoms with Crippen LogP contribution in [0.15, 0.2) is 47.2 Å². The molecule has 0 aliphatic rings. The van der Waals surface area contributed by atoms with Gasteiger partial charge in [0.1, 0.15) is 0 Å². The Bertz CT molecular complexity index is 501. The maximum Gasteiger partial charge on any atom is 0.0914 e. The second kappa shape index (κ2) is 6.84. The average Bonchev–Trinajstić information content (AvgIpc) is 2.88. The summed E-state index contributed by atoms with van der Waals surface area (Å²) >= 11 is 3.41. The molecule has 0 saturated heterocycles. The molecular formula is C14H18BrN3O. The van der Waals surface area contributed by atoms with Crippen molar-refractivity contribution in [1.82, 2.24) is 15.1 Å². The smallest absolute Gasteiger partial charge is 0.0914 e. The number of hydrogen-bond acceptors (Lipinski definition) is 3. The second-order valence-corrected chi connectivity index (χ2v) is 5.52. The zero-order valence-corrected chi connectivity index (χ0v) is 12.4. The molecular weight excluding hydrogens is 306 g/mol. The minimum Gasteiger partial charge on any atom is -0.387 e. The molecule has 0 aliphatic heterocycles. The summed E-state index contributed by atoms with van der Waals surface area (Å²) in [4.78, 5) is 0. The van der Waals surface area contributed by atoms with E-state index in [1.54, 1.807) is 6.20 Å². The van der Waals surface area contributed by atoms with Gasteiger partial charge in [0.05, 0.1) is 12.6 Å². The van der Waals surface area contributed by atoms with Crippen LogP contribution in [0.5, 0.6) is 0 Å². The molecule has 2 atom stereocenters. The van der Waals surface area contributed by atoms with Crippen molar-refractivity contribution in [3.8, 4) is 0 Å². The second-order valence-electron chi connectivity index (χ2n) is 4.61. The van der Waals surface area contributed by atoms with Gasteiger partial charge in [0.25, 0.3) is 0 Å². The number of benzene rings is 1. The summed E-state index contributed by atoms with van der Waals surface area (Å²) in [6.45, 7) is 3.40. The molecule has 0 bridgehead atoms. The number of aliphatic hydroxyl groups excluding tert-OH is 1. The maximum absolute atomic E-state index is 10.1. The van der Waals surface area contributed by atoms with Crippen molar-refractivity contribution >= 4 is 15.9 Å². The van der Waals surface area contributed by atoms with E-state index in [9.17, 15) is 5.11 Å². The Hall–Kier alpha value is -1.17. The van der Waals surface area contributed by atoms with E-state index in [0.717, 1.165) is 16.6 Å². The highest BCUT2D eigenvalue weighted by atomic mass is 79.9. The first-order chi connectivity index (χ1) is 9.15. The summed E-state index contributed by atoms with van der Waals surface area (Å²) in [6.07, 6.45) is 3.20. The summed E-state index contributed by atoms with van der Waals surface area (Å²) in [5.74, 6) is 0. The highest BCUT2D eigenvalue weighted by Gasteiger charge is 2.10. The fourth-order valence-electron chi connectivity index (χ4n) is 1.90. The van der Waals surface area contributed by atoms with Crippen LogP contribution in [0.25, 0.3) is 0 Å². The number of aromatic nitrogens is 2. The summed E-state index contributed by atoms with van der Waals surface area (Å²) in [5.41, 5.74) is 0.910. The predicted octanol–water partition coefficient (Wildman–Crippen LogP) is 2.36. The molecule has 0 saturated carbocycles. The Morgan fingerprint density at radius 1 is 1.42 bits per heavy atom. The molecule has 5 heteroatoms. The van der Waals surface area contributed by atoms with Crippen LogP contribution in [0.3, 0.4) is 0 Å². The first-order valence-corrected chi connectivity index (χ1v) is 7.09. The van der Waals surface area contributed by atoms with Gasteiger partial charge >= 0.3 is 0 Å². The lowest BCUT2D eigenvalue weighted by molar-refractivity contribution is 0.169. The predicted molar refractivity (Wildman–Crippen MR) is 78.8 cm³/mol. The molecule has 4 nitrogen and oxygen atoms in total. The third-order valence-electron chi connectivity index (χ3n) is 2.91. The molecule has 2 aromatic rings. The summed E-state index contributed by atoms with van der Waals surface area (Å²) in [6, 6.07) is 9.89.